The summed E-state index contributed by atoms with van der Waals surface area (Å²) in [6.07, 6.45) is 1.54. The van der Waals surface area contributed by atoms with Gasteiger partial charge in [-0.3, -0.25) is 0 Å². The Hall–Kier alpha value is -3.35. The van der Waals surface area contributed by atoms with Gasteiger partial charge in [-0.25, -0.2) is 0 Å². The number of ether oxygens (including phenoxy) is 2. The summed E-state index contributed by atoms with van der Waals surface area (Å²) in [7, 11) is 3.23. The molecular weight excluding hydrogens is 306 g/mol. The van der Waals surface area contributed by atoms with Crippen molar-refractivity contribution in [2.75, 3.05) is 24.9 Å². The number of nitrogens with one attached hydrogen (secondary N) is 2. The van der Waals surface area contributed by atoms with E-state index in [1.165, 1.54) is 0 Å². The SMILES string of the molecule is COc1ccccc1Nc1cnnc(Nc2ccccc2OC)n1. The van der Waals surface area contributed by atoms with Gasteiger partial charge in [0.15, 0.2) is 5.82 Å². The van der Waals surface area contributed by atoms with Crippen LogP contribution in [-0.4, -0.2) is 29.4 Å². The molecule has 0 bridgehead atoms. The quantitative estimate of drug-likeness (QED) is 0.719. The molecule has 0 saturated heterocycles. The van der Waals surface area contributed by atoms with Crippen molar-refractivity contribution in [3.05, 3.63) is 54.7 Å². The molecule has 1 heterocycles. The minimum absolute atomic E-state index is 0.361. The molecule has 0 atom stereocenters. The Bertz CT molecular complexity index is 761. The zero-order valence-electron chi connectivity index (χ0n) is 13.4. The van der Waals surface area contributed by atoms with Crippen molar-refractivity contribution < 1.29 is 9.47 Å². The number of para-hydroxylation sites is 4. The first-order chi connectivity index (χ1) is 11.8. The highest BCUT2D eigenvalue weighted by atomic mass is 16.5. The van der Waals surface area contributed by atoms with Gasteiger partial charge in [0.2, 0.25) is 5.95 Å². The number of hydrogen-bond donors (Lipinski definition) is 2. The normalized spacial score (nSPS) is 10.1. The number of nitrogens with zero attached hydrogens (tertiary/aromatic N) is 3. The zero-order chi connectivity index (χ0) is 16.8. The maximum atomic E-state index is 5.32. The predicted molar refractivity (Wildman–Crippen MR) is 92.4 cm³/mol. The summed E-state index contributed by atoms with van der Waals surface area (Å²) in [6.45, 7) is 0. The summed E-state index contributed by atoms with van der Waals surface area (Å²) in [4.78, 5) is 4.41. The number of methoxy groups -OCH3 is 2. The molecule has 3 rings (SSSR count). The Morgan fingerprint density at radius 1 is 0.792 bits per heavy atom. The molecule has 3 aromatic rings. The molecule has 7 heteroatoms. The largest absolute Gasteiger partial charge is 0.495 e. The van der Waals surface area contributed by atoms with Crippen LogP contribution >= 0.6 is 0 Å². The lowest BCUT2D eigenvalue weighted by Gasteiger charge is -2.11. The maximum absolute atomic E-state index is 5.32. The van der Waals surface area contributed by atoms with Gasteiger partial charge in [-0.05, 0) is 24.3 Å². The van der Waals surface area contributed by atoms with E-state index in [9.17, 15) is 0 Å². The van der Waals surface area contributed by atoms with E-state index in [2.05, 4.69) is 25.8 Å². The fourth-order valence-corrected chi connectivity index (χ4v) is 2.17. The van der Waals surface area contributed by atoms with Crippen LogP contribution in [0.25, 0.3) is 0 Å². The summed E-state index contributed by atoms with van der Waals surface area (Å²) in [5.74, 6) is 2.32. The molecule has 122 valence electrons. The Kier molecular flexibility index (Phi) is 4.71. The van der Waals surface area contributed by atoms with Crippen LogP contribution in [0.3, 0.4) is 0 Å². The zero-order valence-corrected chi connectivity index (χ0v) is 13.4. The van der Waals surface area contributed by atoms with Crippen LogP contribution in [0.15, 0.2) is 54.7 Å². The molecule has 0 aliphatic heterocycles. The fraction of sp³-hybridized carbons (Fsp3) is 0.118. The van der Waals surface area contributed by atoms with Crippen molar-refractivity contribution in [3.63, 3.8) is 0 Å². The van der Waals surface area contributed by atoms with Gasteiger partial charge in [-0.1, -0.05) is 24.3 Å². The molecule has 0 amide bonds. The maximum Gasteiger partial charge on any atom is 0.249 e. The second kappa shape index (κ2) is 7.28. The summed E-state index contributed by atoms with van der Waals surface area (Å²) in [5.41, 5.74) is 1.56. The van der Waals surface area contributed by atoms with E-state index in [4.69, 9.17) is 9.47 Å². The minimum Gasteiger partial charge on any atom is -0.495 e. The van der Waals surface area contributed by atoms with E-state index in [1.54, 1.807) is 20.4 Å². The van der Waals surface area contributed by atoms with E-state index in [0.29, 0.717) is 17.5 Å². The van der Waals surface area contributed by atoms with Gasteiger partial charge in [0.25, 0.3) is 0 Å². The molecule has 0 unspecified atom stereocenters. The van der Waals surface area contributed by atoms with Crippen molar-refractivity contribution in [3.8, 4) is 11.5 Å². The molecule has 0 aliphatic rings. The molecule has 0 spiro atoms. The van der Waals surface area contributed by atoms with Crippen molar-refractivity contribution in [2.45, 2.75) is 0 Å². The van der Waals surface area contributed by atoms with Gasteiger partial charge in [-0.15, -0.1) is 5.10 Å². The van der Waals surface area contributed by atoms with Gasteiger partial charge >= 0.3 is 0 Å². The van der Waals surface area contributed by atoms with Crippen LogP contribution in [0.2, 0.25) is 0 Å². The number of aromatic nitrogens is 3. The summed E-state index contributed by atoms with van der Waals surface area (Å²) in [5, 5.41) is 14.2. The van der Waals surface area contributed by atoms with Crippen LogP contribution in [0.5, 0.6) is 11.5 Å². The first-order valence-electron chi connectivity index (χ1n) is 7.30. The second-order valence-corrected chi connectivity index (χ2v) is 4.82. The van der Waals surface area contributed by atoms with E-state index < -0.39 is 0 Å². The second-order valence-electron chi connectivity index (χ2n) is 4.82. The fourth-order valence-electron chi connectivity index (χ4n) is 2.17. The van der Waals surface area contributed by atoms with Crippen molar-refractivity contribution in [1.29, 1.82) is 0 Å². The highest BCUT2D eigenvalue weighted by molar-refractivity contribution is 5.66. The Morgan fingerprint density at radius 3 is 2.00 bits per heavy atom. The lowest BCUT2D eigenvalue weighted by molar-refractivity contribution is 0.417. The van der Waals surface area contributed by atoms with Gasteiger partial charge < -0.3 is 20.1 Å². The molecule has 24 heavy (non-hydrogen) atoms. The molecule has 2 N–H and O–H groups in total. The molecular formula is C17H17N5O2. The van der Waals surface area contributed by atoms with Gasteiger partial charge in [0, 0.05) is 0 Å². The number of rotatable bonds is 6. The van der Waals surface area contributed by atoms with Crippen LogP contribution in [-0.2, 0) is 0 Å². The lowest BCUT2D eigenvalue weighted by Crippen LogP contribution is -2.03. The molecule has 0 fully saturated rings. The number of benzene rings is 2. The van der Waals surface area contributed by atoms with Crippen LogP contribution in [0, 0.1) is 0 Å². The third-order valence-electron chi connectivity index (χ3n) is 3.28. The van der Waals surface area contributed by atoms with E-state index in [1.807, 2.05) is 48.5 Å². The Labute approximate surface area is 139 Å². The molecule has 0 saturated carbocycles. The molecule has 0 aliphatic carbocycles. The van der Waals surface area contributed by atoms with Gasteiger partial charge in [0.1, 0.15) is 11.5 Å². The lowest BCUT2D eigenvalue weighted by atomic mass is 10.3. The van der Waals surface area contributed by atoms with Gasteiger partial charge in [0.05, 0.1) is 31.8 Å². The Balaban J connectivity index is 1.82. The van der Waals surface area contributed by atoms with E-state index in [-0.39, 0.29) is 0 Å². The molecule has 1 aromatic heterocycles. The van der Waals surface area contributed by atoms with Crippen molar-refractivity contribution in [1.82, 2.24) is 15.2 Å². The predicted octanol–water partition coefficient (Wildman–Crippen LogP) is 3.38. The van der Waals surface area contributed by atoms with Gasteiger partial charge in [-0.2, -0.15) is 10.1 Å². The van der Waals surface area contributed by atoms with Crippen molar-refractivity contribution >= 4 is 23.1 Å². The monoisotopic (exact) mass is 323 g/mol. The third-order valence-corrected chi connectivity index (χ3v) is 3.28. The number of hydrogen-bond acceptors (Lipinski definition) is 7. The average Bonchev–Trinajstić information content (AvgIpc) is 2.63. The van der Waals surface area contributed by atoms with E-state index in [0.717, 1.165) is 17.1 Å². The molecule has 0 radical (unpaired) electrons. The highest BCUT2D eigenvalue weighted by Crippen LogP contribution is 2.28. The average molecular weight is 323 g/mol. The number of anilines is 4. The summed E-state index contributed by atoms with van der Waals surface area (Å²) in [6, 6.07) is 15.1. The smallest absolute Gasteiger partial charge is 0.249 e. The molecule has 7 nitrogen and oxygen atoms in total. The molecule has 2 aromatic carbocycles. The minimum atomic E-state index is 0.361. The Morgan fingerprint density at radius 2 is 1.38 bits per heavy atom. The highest BCUT2D eigenvalue weighted by Gasteiger charge is 2.07. The van der Waals surface area contributed by atoms with E-state index >= 15 is 0 Å². The topological polar surface area (TPSA) is 81.2 Å². The van der Waals surface area contributed by atoms with Crippen LogP contribution < -0.4 is 20.1 Å². The first kappa shape index (κ1) is 15.5. The van der Waals surface area contributed by atoms with Crippen LogP contribution in [0.4, 0.5) is 23.1 Å². The third kappa shape index (κ3) is 3.52. The summed E-state index contributed by atoms with van der Waals surface area (Å²) < 4.78 is 10.6. The standard InChI is InChI=1S/C17H17N5O2/c1-23-14-9-5-3-7-12(14)19-16-11-18-22-17(21-16)20-13-8-4-6-10-15(13)24-2/h3-11H,1-2H3,(H2,19,20,21,22). The summed E-state index contributed by atoms with van der Waals surface area (Å²) >= 11 is 0. The van der Waals surface area contributed by atoms with Crippen molar-refractivity contribution in [2.24, 2.45) is 0 Å². The first-order valence-corrected chi connectivity index (χ1v) is 7.30. The van der Waals surface area contributed by atoms with Crippen LogP contribution in [0.1, 0.15) is 0 Å².